The van der Waals surface area contributed by atoms with Crippen LogP contribution in [0.15, 0.2) is 30.3 Å². The Bertz CT molecular complexity index is 573. The molecule has 3 N–H and O–H groups in total. The molecule has 0 aliphatic rings. The van der Waals surface area contributed by atoms with Gasteiger partial charge in [-0.25, -0.2) is 0 Å². The second-order valence-corrected chi connectivity index (χ2v) is 5.87. The molecule has 0 aliphatic carbocycles. The predicted octanol–water partition coefficient (Wildman–Crippen LogP) is 2.98. The molecule has 1 aromatic heterocycles. The Labute approximate surface area is 126 Å². The number of benzene rings is 1. The molecule has 2 rings (SSSR count). The lowest BCUT2D eigenvalue weighted by Crippen LogP contribution is -2.17. The van der Waals surface area contributed by atoms with Crippen molar-refractivity contribution in [2.75, 3.05) is 13.7 Å². The number of thiophene rings is 1. The van der Waals surface area contributed by atoms with Crippen LogP contribution in [0.2, 0.25) is 4.34 Å². The van der Waals surface area contributed by atoms with Gasteiger partial charge in [0.1, 0.15) is 6.10 Å². The summed E-state index contributed by atoms with van der Waals surface area (Å²) in [6.07, 6.45) is -0.277. The number of rotatable bonds is 6. The molecule has 4 nitrogen and oxygen atoms in total. The monoisotopic (exact) mass is 313 g/mol. The molecule has 1 unspecified atom stereocenters. The Morgan fingerprint density at radius 1 is 1.30 bits per heavy atom. The van der Waals surface area contributed by atoms with Crippen molar-refractivity contribution in [3.63, 3.8) is 0 Å². The topological polar surface area (TPSA) is 64.7 Å². The third-order valence-corrected chi connectivity index (χ3v) is 4.13. The normalized spacial score (nSPS) is 12.2. The fourth-order valence-corrected chi connectivity index (χ4v) is 2.89. The molecule has 108 valence electrons. The molecule has 0 saturated carbocycles. The van der Waals surface area contributed by atoms with Crippen molar-refractivity contribution >= 4 is 22.9 Å². The standard InChI is InChI=1S/C14H16ClNO3S/c1-18-11-6-9(8-17)2-3-10(11)19-12(7-16)13-4-5-14(15)20-13/h2-6,12,17H,7-8,16H2,1H3. The third kappa shape index (κ3) is 3.43. The van der Waals surface area contributed by atoms with E-state index in [0.717, 1.165) is 10.4 Å². The lowest BCUT2D eigenvalue weighted by molar-refractivity contribution is 0.207. The van der Waals surface area contributed by atoms with Gasteiger partial charge < -0.3 is 20.3 Å². The minimum atomic E-state index is -0.277. The zero-order valence-corrected chi connectivity index (χ0v) is 12.6. The van der Waals surface area contributed by atoms with Crippen molar-refractivity contribution in [3.05, 3.63) is 45.1 Å². The van der Waals surface area contributed by atoms with Crippen LogP contribution in [0.5, 0.6) is 11.5 Å². The summed E-state index contributed by atoms with van der Waals surface area (Å²) in [6, 6.07) is 9.01. The van der Waals surface area contributed by atoms with E-state index in [1.54, 1.807) is 25.3 Å². The molecule has 2 aromatic rings. The van der Waals surface area contributed by atoms with Crippen LogP contribution in [-0.4, -0.2) is 18.8 Å². The van der Waals surface area contributed by atoms with Gasteiger partial charge in [-0.1, -0.05) is 17.7 Å². The maximum absolute atomic E-state index is 9.13. The van der Waals surface area contributed by atoms with E-state index >= 15 is 0 Å². The van der Waals surface area contributed by atoms with Crippen LogP contribution in [0.1, 0.15) is 16.5 Å². The van der Waals surface area contributed by atoms with Crippen molar-refractivity contribution in [3.8, 4) is 11.5 Å². The molecule has 0 amide bonds. The second-order valence-electron chi connectivity index (χ2n) is 4.13. The minimum absolute atomic E-state index is 0.0442. The molecule has 1 atom stereocenters. The molecule has 0 aliphatic heterocycles. The highest BCUT2D eigenvalue weighted by atomic mass is 35.5. The molecular weight excluding hydrogens is 298 g/mol. The number of hydrogen-bond donors (Lipinski definition) is 2. The Morgan fingerprint density at radius 2 is 2.10 bits per heavy atom. The molecular formula is C14H16ClNO3S. The van der Waals surface area contributed by atoms with Crippen LogP contribution in [0.4, 0.5) is 0 Å². The summed E-state index contributed by atoms with van der Waals surface area (Å²) in [6.45, 7) is 0.291. The Hall–Kier alpha value is -1.27. The number of ether oxygens (including phenoxy) is 2. The number of hydrogen-bond acceptors (Lipinski definition) is 5. The van der Waals surface area contributed by atoms with Gasteiger partial charge in [-0.2, -0.15) is 0 Å². The van der Waals surface area contributed by atoms with E-state index in [2.05, 4.69) is 0 Å². The fourth-order valence-electron chi connectivity index (χ4n) is 1.78. The lowest BCUT2D eigenvalue weighted by atomic mass is 10.2. The van der Waals surface area contributed by atoms with Crippen LogP contribution in [-0.2, 0) is 6.61 Å². The van der Waals surface area contributed by atoms with Crippen molar-refractivity contribution in [2.45, 2.75) is 12.7 Å². The van der Waals surface area contributed by atoms with E-state index in [1.165, 1.54) is 11.3 Å². The maximum atomic E-state index is 9.13. The molecule has 0 saturated heterocycles. The quantitative estimate of drug-likeness (QED) is 0.860. The molecule has 0 bridgehead atoms. The molecule has 1 aromatic carbocycles. The predicted molar refractivity (Wildman–Crippen MR) is 80.7 cm³/mol. The van der Waals surface area contributed by atoms with Gasteiger partial charge >= 0.3 is 0 Å². The van der Waals surface area contributed by atoms with Gasteiger partial charge in [0.2, 0.25) is 0 Å². The Balaban J connectivity index is 2.23. The molecule has 6 heteroatoms. The summed E-state index contributed by atoms with van der Waals surface area (Å²) >= 11 is 7.37. The van der Waals surface area contributed by atoms with E-state index in [1.807, 2.05) is 12.1 Å². The maximum Gasteiger partial charge on any atom is 0.162 e. The van der Waals surface area contributed by atoms with Crippen molar-refractivity contribution in [1.29, 1.82) is 0 Å². The van der Waals surface area contributed by atoms with Gasteiger partial charge in [-0.3, -0.25) is 0 Å². The minimum Gasteiger partial charge on any atom is -0.493 e. The van der Waals surface area contributed by atoms with Crippen molar-refractivity contribution < 1.29 is 14.6 Å². The van der Waals surface area contributed by atoms with Crippen LogP contribution in [0.3, 0.4) is 0 Å². The average molecular weight is 314 g/mol. The van der Waals surface area contributed by atoms with Gasteiger partial charge in [0.25, 0.3) is 0 Å². The van der Waals surface area contributed by atoms with Gasteiger partial charge in [-0.05, 0) is 29.8 Å². The summed E-state index contributed by atoms with van der Waals surface area (Å²) in [5, 5.41) is 9.13. The van der Waals surface area contributed by atoms with Gasteiger partial charge in [0, 0.05) is 11.4 Å². The Kier molecular flexibility index (Phi) is 5.25. The second kappa shape index (κ2) is 6.95. The lowest BCUT2D eigenvalue weighted by Gasteiger charge is -2.18. The molecule has 0 spiro atoms. The number of nitrogens with two attached hydrogens (primary N) is 1. The first-order valence-corrected chi connectivity index (χ1v) is 7.27. The molecule has 0 radical (unpaired) electrons. The first kappa shape index (κ1) is 15.1. The van der Waals surface area contributed by atoms with Crippen LogP contribution >= 0.6 is 22.9 Å². The number of halogens is 1. The molecule has 20 heavy (non-hydrogen) atoms. The van der Waals surface area contributed by atoms with Crippen LogP contribution < -0.4 is 15.2 Å². The first-order valence-electron chi connectivity index (χ1n) is 6.07. The number of aliphatic hydroxyl groups is 1. The summed E-state index contributed by atoms with van der Waals surface area (Å²) in [4.78, 5) is 0.964. The molecule has 1 heterocycles. The highest BCUT2D eigenvalue weighted by molar-refractivity contribution is 7.16. The fraction of sp³-hybridized carbons (Fsp3) is 0.286. The largest absolute Gasteiger partial charge is 0.493 e. The first-order chi connectivity index (χ1) is 9.67. The summed E-state index contributed by atoms with van der Waals surface area (Å²) in [5.41, 5.74) is 6.53. The highest BCUT2D eigenvalue weighted by Crippen LogP contribution is 2.34. The highest BCUT2D eigenvalue weighted by Gasteiger charge is 2.16. The van der Waals surface area contributed by atoms with E-state index in [4.69, 9.17) is 31.9 Å². The van der Waals surface area contributed by atoms with Crippen LogP contribution in [0, 0.1) is 0 Å². The van der Waals surface area contributed by atoms with Crippen molar-refractivity contribution in [2.24, 2.45) is 5.73 Å². The Morgan fingerprint density at radius 3 is 2.65 bits per heavy atom. The van der Waals surface area contributed by atoms with Gasteiger partial charge in [-0.15, -0.1) is 11.3 Å². The number of methoxy groups -OCH3 is 1. The van der Waals surface area contributed by atoms with Gasteiger partial charge in [0.15, 0.2) is 11.5 Å². The zero-order chi connectivity index (χ0) is 14.5. The van der Waals surface area contributed by atoms with E-state index in [9.17, 15) is 0 Å². The SMILES string of the molecule is COc1cc(CO)ccc1OC(CN)c1ccc(Cl)s1. The number of aliphatic hydroxyl groups excluding tert-OH is 1. The summed E-state index contributed by atoms with van der Waals surface area (Å²) < 4.78 is 11.9. The van der Waals surface area contributed by atoms with Crippen molar-refractivity contribution in [1.82, 2.24) is 0 Å². The summed E-state index contributed by atoms with van der Waals surface area (Å²) in [5.74, 6) is 1.15. The van der Waals surface area contributed by atoms with Gasteiger partial charge in [0.05, 0.1) is 18.1 Å². The molecule has 0 fully saturated rings. The average Bonchev–Trinajstić information content (AvgIpc) is 2.91. The summed E-state index contributed by atoms with van der Waals surface area (Å²) in [7, 11) is 1.56. The van der Waals surface area contributed by atoms with E-state index < -0.39 is 0 Å². The smallest absolute Gasteiger partial charge is 0.162 e. The van der Waals surface area contributed by atoms with Crippen LogP contribution in [0.25, 0.3) is 0 Å². The third-order valence-electron chi connectivity index (χ3n) is 2.81. The van der Waals surface area contributed by atoms with E-state index in [0.29, 0.717) is 22.4 Å². The zero-order valence-electron chi connectivity index (χ0n) is 11.0. The van der Waals surface area contributed by atoms with E-state index in [-0.39, 0.29) is 12.7 Å².